The van der Waals surface area contributed by atoms with Crippen LogP contribution in [0.4, 0.5) is 5.13 Å². The standard InChI is InChI=1S/C22H23N3O5S/c1-12(25-20(27)14-6-4-5-7-15(14)21(25)28)19(26)24-22-23-16(11-31-22)13-8-9-17(29-2)18(10-13)30-3/h4-5,8-12,14-15H,6-7H2,1-3H3,(H,23,24,26)/t12-,14-,15+/m0/s1. The molecule has 0 spiro atoms. The van der Waals surface area contributed by atoms with Gasteiger partial charge in [0.2, 0.25) is 17.7 Å². The molecule has 1 saturated heterocycles. The molecule has 1 aromatic carbocycles. The van der Waals surface area contributed by atoms with Crippen LogP contribution in [0.3, 0.4) is 0 Å². The molecule has 4 rings (SSSR count). The first-order valence-corrected chi connectivity index (χ1v) is 10.8. The summed E-state index contributed by atoms with van der Waals surface area (Å²) < 4.78 is 10.6. The zero-order valence-corrected chi connectivity index (χ0v) is 18.3. The number of nitrogens with one attached hydrogen (secondary N) is 1. The van der Waals surface area contributed by atoms with Gasteiger partial charge in [-0.05, 0) is 38.0 Å². The average Bonchev–Trinajstić information content (AvgIpc) is 3.35. The van der Waals surface area contributed by atoms with E-state index in [1.54, 1.807) is 33.3 Å². The molecule has 1 N–H and O–H groups in total. The molecule has 1 aliphatic heterocycles. The van der Waals surface area contributed by atoms with Gasteiger partial charge in [-0.15, -0.1) is 11.3 Å². The number of thiazole rings is 1. The third-order valence-corrected chi connectivity index (χ3v) is 6.48. The Morgan fingerprint density at radius 1 is 1.13 bits per heavy atom. The summed E-state index contributed by atoms with van der Waals surface area (Å²) in [5, 5.41) is 4.94. The van der Waals surface area contributed by atoms with Gasteiger partial charge in [-0.1, -0.05) is 12.2 Å². The summed E-state index contributed by atoms with van der Waals surface area (Å²) in [6, 6.07) is 4.53. The van der Waals surface area contributed by atoms with Crippen molar-refractivity contribution in [3.8, 4) is 22.8 Å². The van der Waals surface area contributed by atoms with Crippen molar-refractivity contribution < 1.29 is 23.9 Å². The highest BCUT2D eigenvalue weighted by atomic mass is 32.1. The second kappa shape index (κ2) is 8.50. The van der Waals surface area contributed by atoms with Gasteiger partial charge in [0.1, 0.15) is 6.04 Å². The fraction of sp³-hybridized carbons (Fsp3) is 0.364. The Bertz CT molecular complexity index is 1040. The van der Waals surface area contributed by atoms with Crippen LogP contribution < -0.4 is 14.8 Å². The third kappa shape index (κ3) is 3.81. The number of anilines is 1. The van der Waals surface area contributed by atoms with Crippen LogP contribution in [0.2, 0.25) is 0 Å². The van der Waals surface area contributed by atoms with E-state index in [1.165, 1.54) is 11.3 Å². The van der Waals surface area contributed by atoms with Crippen molar-refractivity contribution >= 4 is 34.2 Å². The summed E-state index contributed by atoms with van der Waals surface area (Å²) in [6.45, 7) is 1.57. The van der Waals surface area contributed by atoms with Crippen LogP contribution in [-0.2, 0) is 14.4 Å². The zero-order valence-electron chi connectivity index (χ0n) is 17.5. The van der Waals surface area contributed by atoms with Crippen LogP contribution in [-0.4, -0.2) is 47.9 Å². The number of rotatable bonds is 6. The molecule has 0 radical (unpaired) electrons. The fourth-order valence-corrected chi connectivity index (χ4v) is 4.72. The summed E-state index contributed by atoms with van der Waals surface area (Å²) >= 11 is 1.26. The molecule has 0 bridgehead atoms. The predicted octanol–water partition coefficient (Wildman–Crippen LogP) is 3.11. The Hall–Kier alpha value is -3.20. The molecule has 1 fully saturated rings. The van der Waals surface area contributed by atoms with Gasteiger partial charge in [0.25, 0.3) is 0 Å². The van der Waals surface area contributed by atoms with Crippen molar-refractivity contribution in [2.75, 3.05) is 19.5 Å². The van der Waals surface area contributed by atoms with E-state index in [2.05, 4.69) is 10.3 Å². The molecule has 9 heteroatoms. The smallest absolute Gasteiger partial charge is 0.249 e. The van der Waals surface area contributed by atoms with E-state index in [0.717, 1.165) is 10.5 Å². The number of benzene rings is 1. The minimum Gasteiger partial charge on any atom is -0.493 e. The third-order valence-electron chi connectivity index (χ3n) is 5.72. The Kier molecular flexibility index (Phi) is 5.77. The van der Waals surface area contributed by atoms with Gasteiger partial charge < -0.3 is 14.8 Å². The number of aromatic nitrogens is 1. The molecule has 1 aliphatic carbocycles. The quantitative estimate of drug-likeness (QED) is 0.546. The van der Waals surface area contributed by atoms with Crippen LogP contribution in [0.1, 0.15) is 19.8 Å². The number of imide groups is 1. The van der Waals surface area contributed by atoms with Crippen molar-refractivity contribution in [2.24, 2.45) is 11.8 Å². The van der Waals surface area contributed by atoms with Gasteiger partial charge >= 0.3 is 0 Å². The largest absolute Gasteiger partial charge is 0.493 e. The van der Waals surface area contributed by atoms with Crippen LogP contribution in [0.25, 0.3) is 11.3 Å². The number of carbonyl (C=O) groups excluding carboxylic acids is 3. The van der Waals surface area contributed by atoms with E-state index in [-0.39, 0.29) is 23.7 Å². The van der Waals surface area contributed by atoms with Crippen molar-refractivity contribution in [1.82, 2.24) is 9.88 Å². The highest BCUT2D eigenvalue weighted by molar-refractivity contribution is 7.14. The number of likely N-dealkylation sites (tertiary alicyclic amines) is 1. The number of carbonyl (C=O) groups is 3. The molecule has 3 atom stereocenters. The van der Waals surface area contributed by atoms with Gasteiger partial charge in [-0.25, -0.2) is 4.98 Å². The van der Waals surface area contributed by atoms with Gasteiger partial charge in [0.15, 0.2) is 16.6 Å². The van der Waals surface area contributed by atoms with Crippen LogP contribution in [0.15, 0.2) is 35.7 Å². The molecule has 1 aromatic heterocycles. The number of nitrogens with zero attached hydrogens (tertiary/aromatic N) is 2. The minimum absolute atomic E-state index is 0.271. The first-order chi connectivity index (χ1) is 14.9. The van der Waals surface area contributed by atoms with Gasteiger partial charge in [-0.2, -0.15) is 0 Å². The maximum Gasteiger partial charge on any atom is 0.249 e. The van der Waals surface area contributed by atoms with Crippen LogP contribution in [0, 0.1) is 11.8 Å². The zero-order chi connectivity index (χ0) is 22.1. The maximum absolute atomic E-state index is 12.8. The number of fused-ring (bicyclic) bond motifs is 1. The molecule has 2 aliphatic rings. The second-order valence-electron chi connectivity index (χ2n) is 7.48. The number of ether oxygens (including phenoxy) is 2. The highest BCUT2D eigenvalue weighted by Gasteiger charge is 2.50. The lowest BCUT2D eigenvalue weighted by atomic mass is 9.85. The van der Waals surface area contributed by atoms with E-state index in [9.17, 15) is 14.4 Å². The van der Waals surface area contributed by atoms with Crippen molar-refractivity contribution in [3.05, 3.63) is 35.7 Å². The van der Waals surface area contributed by atoms with E-state index in [4.69, 9.17) is 9.47 Å². The second-order valence-corrected chi connectivity index (χ2v) is 8.33. The molecule has 3 amide bonds. The summed E-state index contributed by atoms with van der Waals surface area (Å²) in [6.07, 6.45) is 4.93. The van der Waals surface area contributed by atoms with Crippen molar-refractivity contribution in [1.29, 1.82) is 0 Å². The van der Waals surface area contributed by atoms with E-state index in [1.807, 2.05) is 23.6 Å². The lowest BCUT2D eigenvalue weighted by Gasteiger charge is -2.21. The summed E-state index contributed by atoms with van der Waals surface area (Å²) in [5.74, 6) is -0.511. The van der Waals surface area contributed by atoms with Gasteiger partial charge in [-0.3, -0.25) is 19.3 Å². The van der Waals surface area contributed by atoms with Gasteiger partial charge in [0.05, 0.1) is 31.7 Å². The maximum atomic E-state index is 12.8. The van der Waals surface area contributed by atoms with Crippen molar-refractivity contribution in [3.63, 3.8) is 0 Å². The molecule has 162 valence electrons. The van der Waals surface area contributed by atoms with E-state index < -0.39 is 11.9 Å². The normalized spacial score (nSPS) is 21.1. The van der Waals surface area contributed by atoms with E-state index in [0.29, 0.717) is 35.2 Å². The number of hydrogen-bond acceptors (Lipinski definition) is 7. The molecule has 2 aromatic rings. The number of methoxy groups -OCH3 is 2. The number of amides is 3. The molecule has 31 heavy (non-hydrogen) atoms. The summed E-state index contributed by atoms with van der Waals surface area (Å²) in [4.78, 5) is 43.8. The first-order valence-electron chi connectivity index (χ1n) is 9.95. The molecule has 2 heterocycles. The average molecular weight is 442 g/mol. The lowest BCUT2D eigenvalue weighted by molar-refractivity contribution is -0.146. The summed E-state index contributed by atoms with van der Waals surface area (Å²) in [7, 11) is 3.12. The predicted molar refractivity (Wildman–Crippen MR) is 116 cm³/mol. The Balaban J connectivity index is 1.47. The minimum atomic E-state index is -0.904. The molecule has 0 unspecified atom stereocenters. The first kappa shape index (κ1) is 21.0. The Morgan fingerprint density at radius 2 is 1.77 bits per heavy atom. The number of hydrogen-bond donors (Lipinski definition) is 1. The number of allylic oxidation sites excluding steroid dienone is 2. The Morgan fingerprint density at radius 3 is 2.39 bits per heavy atom. The fourth-order valence-electron chi connectivity index (χ4n) is 3.99. The molecular formula is C22H23N3O5S. The lowest BCUT2D eigenvalue weighted by Crippen LogP contribution is -2.46. The Labute approximate surface area is 183 Å². The molecule has 0 saturated carbocycles. The van der Waals surface area contributed by atoms with Crippen LogP contribution >= 0.6 is 11.3 Å². The highest BCUT2D eigenvalue weighted by Crippen LogP contribution is 2.37. The summed E-state index contributed by atoms with van der Waals surface area (Å²) in [5.41, 5.74) is 1.48. The molecular weight excluding hydrogens is 418 g/mol. The van der Waals surface area contributed by atoms with Crippen LogP contribution in [0.5, 0.6) is 11.5 Å². The molecule has 8 nitrogen and oxygen atoms in total. The van der Waals surface area contributed by atoms with Gasteiger partial charge in [0, 0.05) is 10.9 Å². The monoisotopic (exact) mass is 441 g/mol. The SMILES string of the molecule is COc1ccc(-c2csc(NC(=O)[C@H](C)N3C(=O)[C@H]4CC=CC[C@H]4C3=O)n2)cc1OC. The van der Waals surface area contributed by atoms with E-state index >= 15 is 0 Å². The topological polar surface area (TPSA) is 97.8 Å². The van der Waals surface area contributed by atoms with Crippen molar-refractivity contribution in [2.45, 2.75) is 25.8 Å².